The quantitative estimate of drug-likeness (QED) is 0.186. The van der Waals surface area contributed by atoms with Crippen LogP contribution in [0, 0.1) is 23.0 Å². The lowest BCUT2D eigenvalue weighted by Crippen LogP contribution is -2.10. The standard InChI is InChI=1S/C45H37F2N3/c1-44(2,3)29-16-19-40-33(24-29)31-11-7-9-13-38(31)49(40)42-22-28(27-15-18-36(46)37(47)21-27)23-43(35(42)26-48)50-39-14-10-8-12-32(39)34-25-30(45(4,5)6)17-20-41(34)50/h7-25H,1-6H3. The van der Waals surface area contributed by atoms with Crippen molar-refractivity contribution in [2.24, 2.45) is 0 Å². The first-order valence-corrected chi connectivity index (χ1v) is 17.0. The van der Waals surface area contributed by atoms with Crippen LogP contribution in [0.3, 0.4) is 0 Å². The molecule has 0 saturated heterocycles. The number of fused-ring (bicyclic) bond motifs is 6. The fraction of sp³-hybridized carbons (Fsp3) is 0.178. The molecule has 8 aromatic rings. The molecule has 5 heteroatoms. The van der Waals surface area contributed by atoms with Crippen molar-refractivity contribution in [2.45, 2.75) is 52.4 Å². The molecule has 8 rings (SSSR count). The van der Waals surface area contributed by atoms with E-state index in [9.17, 15) is 14.0 Å². The number of hydrogen-bond donors (Lipinski definition) is 0. The Morgan fingerprint density at radius 3 is 1.38 bits per heavy atom. The molecule has 50 heavy (non-hydrogen) atoms. The summed E-state index contributed by atoms with van der Waals surface area (Å²) in [4.78, 5) is 0. The van der Waals surface area contributed by atoms with Crippen LogP contribution in [0.1, 0.15) is 58.2 Å². The minimum Gasteiger partial charge on any atom is -0.308 e. The number of aromatic nitrogens is 2. The molecule has 0 aliphatic rings. The Hall–Kier alpha value is -5.73. The Kier molecular flexibility index (Phi) is 7.03. The van der Waals surface area contributed by atoms with Gasteiger partial charge >= 0.3 is 0 Å². The first-order valence-electron chi connectivity index (χ1n) is 17.0. The molecule has 0 aliphatic carbocycles. The largest absolute Gasteiger partial charge is 0.308 e. The highest BCUT2D eigenvalue weighted by Gasteiger charge is 2.24. The smallest absolute Gasteiger partial charge is 0.159 e. The highest BCUT2D eigenvalue weighted by molar-refractivity contribution is 6.11. The Bertz CT molecular complexity index is 2550. The summed E-state index contributed by atoms with van der Waals surface area (Å²) < 4.78 is 33.4. The number of nitriles is 1. The number of benzene rings is 6. The summed E-state index contributed by atoms with van der Waals surface area (Å²) in [6.07, 6.45) is 0. The lowest BCUT2D eigenvalue weighted by molar-refractivity contribution is 0.509. The topological polar surface area (TPSA) is 33.6 Å². The Morgan fingerprint density at radius 1 is 0.480 bits per heavy atom. The molecule has 0 atom stereocenters. The zero-order valence-electron chi connectivity index (χ0n) is 29.1. The molecule has 246 valence electrons. The number of hydrogen-bond acceptors (Lipinski definition) is 1. The summed E-state index contributed by atoms with van der Waals surface area (Å²) in [6.45, 7) is 13.2. The maximum Gasteiger partial charge on any atom is 0.159 e. The van der Waals surface area contributed by atoms with Crippen molar-refractivity contribution in [1.29, 1.82) is 5.26 Å². The Morgan fingerprint density at radius 2 is 0.940 bits per heavy atom. The molecular weight excluding hydrogens is 621 g/mol. The van der Waals surface area contributed by atoms with E-state index in [0.717, 1.165) is 49.7 Å². The lowest BCUT2D eigenvalue weighted by Gasteiger charge is -2.20. The van der Waals surface area contributed by atoms with E-state index in [2.05, 4.69) is 117 Å². The van der Waals surface area contributed by atoms with E-state index in [-0.39, 0.29) is 10.8 Å². The van der Waals surface area contributed by atoms with Crippen LogP contribution >= 0.6 is 0 Å². The number of nitrogens with zero attached hydrogens (tertiary/aromatic N) is 3. The van der Waals surface area contributed by atoms with Gasteiger partial charge in [-0.15, -0.1) is 0 Å². The van der Waals surface area contributed by atoms with Crippen LogP contribution in [0.25, 0.3) is 66.1 Å². The third kappa shape index (κ3) is 4.90. The van der Waals surface area contributed by atoms with E-state index >= 15 is 0 Å². The minimum absolute atomic E-state index is 0.0572. The van der Waals surface area contributed by atoms with Crippen LogP contribution in [0.5, 0.6) is 0 Å². The van der Waals surface area contributed by atoms with E-state index in [1.165, 1.54) is 17.2 Å². The van der Waals surface area contributed by atoms with Crippen molar-refractivity contribution in [2.75, 3.05) is 0 Å². The molecule has 0 N–H and O–H groups in total. The second-order valence-electron chi connectivity index (χ2n) is 15.3. The Balaban J connectivity index is 1.53. The van der Waals surface area contributed by atoms with Gasteiger partial charge in [0.2, 0.25) is 0 Å². The molecule has 0 fully saturated rings. The van der Waals surface area contributed by atoms with Gasteiger partial charge in [0.1, 0.15) is 11.6 Å². The van der Waals surface area contributed by atoms with E-state index < -0.39 is 11.6 Å². The number of halogens is 2. The zero-order chi connectivity index (χ0) is 35.1. The van der Waals surface area contributed by atoms with Gasteiger partial charge in [-0.3, -0.25) is 0 Å². The summed E-state index contributed by atoms with van der Waals surface area (Å²) in [5.74, 6) is -1.83. The van der Waals surface area contributed by atoms with Crippen LogP contribution in [0.4, 0.5) is 8.78 Å². The van der Waals surface area contributed by atoms with Crippen molar-refractivity contribution in [3.05, 3.63) is 144 Å². The lowest BCUT2D eigenvalue weighted by atomic mass is 9.86. The predicted molar refractivity (Wildman–Crippen MR) is 203 cm³/mol. The third-order valence-corrected chi connectivity index (χ3v) is 10.0. The van der Waals surface area contributed by atoms with E-state index in [1.54, 1.807) is 6.07 Å². The number of para-hydroxylation sites is 2. The monoisotopic (exact) mass is 657 g/mol. The first kappa shape index (κ1) is 31.5. The maximum atomic E-state index is 14.8. The second kappa shape index (κ2) is 11.1. The Labute approximate surface area is 290 Å². The summed E-state index contributed by atoms with van der Waals surface area (Å²) in [5.41, 5.74) is 9.12. The minimum atomic E-state index is -0.923. The molecule has 0 bridgehead atoms. The van der Waals surface area contributed by atoms with Gasteiger partial charge in [0.25, 0.3) is 0 Å². The van der Waals surface area contributed by atoms with Crippen molar-refractivity contribution in [1.82, 2.24) is 9.13 Å². The van der Waals surface area contributed by atoms with Gasteiger partial charge in [0.15, 0.2) is 11.6 Å². The second-order valence-corrected chi connectivity index (χ2v) is 15.3. The summed E-state index contributed by atoms with van der Waals surface area (Å²) in [7, 11) is 0. The fourth-order valence-corrected chi connectivity index (χ4v) is 7.32. The molecule has 0 unspecified atom stereocenters. The number of rotatable bonds is 3. The molecule has 2 aromatic heterocycles. The predicted octanol–water partition coefficient (Wildman–Crippen LogP) is 12.3. The molecule has 0 amide bonds. The van der Waals surface area contributed by atoms with Gasteiger partial charge < -0.3 is 9.13 Å². The SMILES string of the molecule is CC(C)(C)c1ccc2c(c1)c1ccccc1n2-c1cc(-c2ccc(F)c(F)c2)cc(-n2c3ccccc3c3cc(C(C)(C)C)ccc32)c1C#N. The van der Waals surface area contributed by atoms with E-state index in [1.807, 2.05) is 36.4 Å². The third-order valence-electron chi connectivity index (χ3n) is 10.0. The highest BCUT2D eigenvalue weighted by atomic mass is 19.2. The van der Waals surface area contributed by atoms with Crippen LogP contribution in [0.2, 0.25) is 0 Å². The molecule has 0 saturated carbocycles. The molecule has 0 radical (unpaired) electrons. The van der Waals surface area contributed by atoms with Gasteiger partial charge in [-0.25, -0.2) is 8.78 Å². The average Bonchev–Trinajstić information content (AvgIpc) is 3.60. The van der Waals surface area contributed by atoms with Gasteiger partial charge in [0.05, 0.1) is 33.4 Å². The molecule has 3 nitrogen and oxygen atoms in total. The van der Waals surface area contributed by atoms with Crippen LogP contribution in [0.15, 0.2) is 115 Å². The van der Waals surface area contributed by atoms with Crippen molar-refractivity contribution in [3.63, 3.8) is 0 Å². The summed E-state index contributed by atoms with van der Waals surface area (Å²) in [5, 5.41) is 15.5. The van der Waals surface area contributed by atoms with Crippen LogP contribution in [-0.2, 0) is 10.8 Å². The zero-order valence-corrected chi connectivity index (χ0v) is 29.1. The molecular formula is C45H37F2N3. The van der Waals surface area contributed by atoms with Gasteiger partial charge in [-0.2, -0.15) is 5.26 Å². The highest BCUT2D eigenvalue weighted by Crippen LogP contribution is 2.42. The molecule has 2 heterocycles. The molecule has 0 aliphatic heterocycles. The average molecular weight is 658 g/mol. The van der Waals surface area contributed by atoms with Gasteiger partial charge in [0, 0.05) is 21.5 Å². The summed E-state index contributed by atoms with van der Waals surface area (Å²) >= 11 is 0. The van der Waals surface area contributed by atoms with Crippen LogP contribution < -0.4 is 0 Å². The maximum absolute atomic E-state index is 14.8. The summed E-state index contributed by atoms with van der Waals surface area (Å²) in [6, 6.07) is 40.0. The van der Waals surface area contributed by atoms with Crippen molar-refractivity contribution < 1.29 is 8.78 Å². The van der Waals surface area contributed by atoms with Crippen molar-refractivity contribution >= 4 is 43.6 Å². The molecule has 0 spiro atoms. The first-order chi connectivity index (χ1) is 23.8. The van der Waals surface area contributed by atoms with Gasteiger partial charge in [-0.05, 0) is 93.7 Å². The van der Waals surface area contributed by atoms with Crippen LogP contribution in [-0.4, -0.2) is 9.13 Å². The fourth-order valence-electron chi connectivity index (χ4n) is 7.32. The van der Waals surface area contributed by atoms with E-state index in [4.69, 9.17) is 0 Å². The van der Waals surface area contributed by atoms with Gasteiger partial charge in [-0.1, -0.05) is 96.1 Å². The van der Waals surface area contributed by atoms with Crippen molar-refractivity contribution in [3.8, 4) is 28.6 Å². The normalized spacial score (nSPS) is 12.4. The van der Waals surface area contributed by atoms with E-state index in [0.29, 0.717) is 28.1 Å². The molecule has 6 aromatic carbocycles.